The molecule has 7 nitrogen and oxygen atoms in total. The molecule has 1 aliphatic heterocycles. The van der Waals surface area contributed by atoms with Crippen LogP contribution < -0.4 is 15.1 Å². The molecule has 1 saturated heterocycles. The first kappa shape index (κ1) is 27.4. The van der Waals surface area contributed by atoms with Crippen LogP contribution in [-0.2, 0) is 11.3 Å². The number of hydrazone groups is 1. The van der Waals surface area contributed by atoms with Gasteiger partial charge in [0.25, 0.3) is 5.91 Å². The fourth-order valence-corrected chi connectivity index (χ4v) is 5.69. The van der Waals surface area contributed by atoms with E-state index < -0.39 is 0 Å². The molecule has 1 amide bonds. The molecule has 6 rings (SSSR count). The van der Waals surface area contributed by atoms with Gasteiger partial charge in [0.2, 0.25) is 0 Å². The molecule has 0 atom stereocenters. The van der Waals surface area contributed by atoms with E-state index in [1.165, 1.54) is 0 Å². The first-order chi connectivity index (χ1) is 20.7. The molecule has 210 valence electrons. The number of nitrogens with one attached hydrogen (secondary N) is 1. The molecule has 4 aromatic carbocycles. The van der Waals surface area contributed by atoms with Crippen LogP contribution in [-0.4, -0.2) is 43.4 Å². The number of hydrogen-bond acceptors (Lipinski definition) is 7. The number of morpholine rings is 1. The second-order valence-corrected chi connectivity index (χ2v) is 10.7. The second-order valence-electron chi connectivity index (χ2n) is 9.72. The first-order valence-corrected chi connectivity index (χ1v) is 14.6. The van der Waals surface area contributed by atoms with Crippen LogP contribution in [0.3, 0.4) is 0 Å². The fraction of sp³-hybridized carbons (Fsp3) is 0.147. The average molecular weight is 575 g/mol. The lowest BCUT2D eigenvalue weighted by Gasteiger charge is -2.26. The highest BCUT2D eigenvalue weighted by Crippen LogP contribution is 2.33. The Kier molecular flexibility index (Phi) is 8.64. The molecule has 0 spiro atoms. The Balaban J connectivity index is 1.10. The zero-order valence-corrected chi connectivity index (χ0v) is 23.8. The molecule has 0 saturated carbocycles. The summed E-state index contributed by atoms with van der Waals surface area (Å²) < 4.78 is 11.6. The molecule has 1 fully saturated rings. The van der Waals surface area contributed by atoms with Crippen molar-refractivity contribution in [3.05, 3.63) is 125 Å². The molecule has 1 aliphatic rings. The Morgan fingerprint density at radius 3 is 2.29 bits per heavy atom. The van der Waals surface area contributed by atoms with Gasteiger partial charge < -0.3 is 14.4 Å². The van der Waals surface area contributed by atoms with Gasteiger partial charge in [-0.1, -0.05) is 102 Å². The summed E-state index contributed by atoms with van der Waals surface area (Å²) in [6.45, 7) is 3.37. The van der Waals surface area contributed by atoms with E-state index in [4.69, 9.17) is 14.5 Å². The third-order valence-electron chi connectivity index (χ3n) is 6.90. The van der Waals surface area contributed by atoms with Gasteiger partial charge in [0.15, 0.2) is 5.13 Å². The van der Waals surface area contributed by atoms with Crippen molar-refractivity contribution in [3.63, 3.8) is 0 Å². The van der Waals surface area contributed by atoms with Gasteiger partial charge in [0.05, 0.1) is 30.0 Å². The number of benzene rings is 4. The number of anilines is 1. The Bertz CT molecular complexity index is 1650. The van der Waals surface area contributed by atoms with E-state index in [-0.39, 0.29) is 5.91 Å². The monoisotopic (exact) mass is 574 g/mol. The van der Waals surface area contributed by atoms with Gasteiger partial charge in [-0.15, -0.1) is 0 Å². The molecule has 1 aromatic heterocycles. The lowest BCUT2D eigenvalue weighted by molar-refractivity contribution is 0.0955. The highest BCUT2D eigenvalue weighted by molar-refractivity contribution is 7.17. The van der Waals surface area contributed by atoms with E-state index in [1.54, 1.807) is 29.7 Å². The number of carbonyl (C=O) groups excluding carboxylic acids is 1. The molecule has 0 unspecified atom stereocenters. The van der Waals surface area contributed by atoms with Crippen LogP contribution in [0.2, 0.25) is 0 Å². The van der Waals surface area contributed by atoms with Crippen LogP contribution in [0.25, 0.3) is 22.4 Å². The maximum Gasteiger partial charge on any atom is 0.271 e. The summed E-state index contributed by atoms with van der Waals surface area (Å²) in [5.74, 6) is 0.530. The summed E-state index contributed by atoms with van der Waals surface area (Å²) >= 11 is 1.56. The lowest BCUT2D eigenvalue weighted by Crippen LogP contribution is -2.36. The number of carbonyl (C=O) groups is 1. The molecule has 0 aliphatic carbocycles. The number of aromatic nitrogens is 1. The van der Waals surface area contributed by atoms with Crippen LogP contribution in [0.1, 0.15) is 20.8 Å². The van der Waals surface area contributed by atoms with Crippen LogP contribution >= 0.6 is 11.3 Å². The Morgan fingerprint density at radius 1 is 0.881 bits per heavy atom. The Morgan fingerprint density at radius 2 is 1.55 bits per heavy atom. The van der Waals surface area contributed by atoms with E-state index >= 15 is 0 Å². The van der Waals surface area contributed by atoms with Gasteiger partial charge in [-0.25, -0.2) is 10.4 Å². The molecule has 42 heavy (non-hydrogen) atoms. The highest BCUT2D eigenvalue weighted by atomic mass is 32.1. The summed E-state index contributed by atoms with van der Waals surface area (Å²) in [4.78, 5) is 20.9. The molecule has 0 radical (unpaired) electrons. The topological polar surface area (TPSA) is 76.1 Å². The van der Waals surface area contributed by atoms with E-state index in [9.17, 15) is 4.79 Å². The van der Waals surface area contributed by atoms with E-state index in [0.29, 0.717) is 25.4 Å². The summed E-state index contributed by atoms with van der Waals surface area (Å²) in [5, 5.41) is 5.20. The number of para-hydroxylation sites is 1. The zero-order valence-electron chi connectivity index (χ0n) is 23.0. The normalized spacial score (nSPS) is 13.3. The fourth-order valence-electron chi connectivity index (χ4n) is 4.68. The summed E-state index contributed by atoms with van der Waals surface area (Å²) in [6, 6.07) is 35.5. The Labute approximate surface area is 249 Å². The summed E-state index contributed by atoms with van der Waals surface area (Å²) in [6.07, 6.45) is 1.67. The molecule has 8 heteroatoms. The molecular weight excluding hydrogens is 544 g/mol. The van der Waals surface area contributed by atoms with Gasteiger partial charge in [-0.05, 0) is 29.3 Å². The SMILES string of the molecule is O=C(NN=Cc1sc(N2CCOCC2)nc1-c1ccccc1)c1ccc(COc2ccccc2-c2ccccc2)cc1. The largest absolute Gasteiger partial charge is 0.488 e. The van der Waals surface area contributed by atoms with Crippen molar-refractivity contribution >= 4 is 28.6 Å². The van der Waals surface area contributed by atoms with Crippen LogP contribution in [0, 0.1) is 0 Å². The van der Waals surface area contributed by atoms with Crippen molar-refractivity contribution < 1.29 is 14.3 Å². The number of amides is 1. The van der Waals surface area contributed by atoms with Gasteiger partial charge in [0.1, 0.15) is 12.4 Å². The lowest BCUT2D eigenvalue weighted by atomic mass is 10.0. The van der Waals surface area contributed by atoms with Gasteiger partial charge in [-0.3, -0.25) is 4.79 Å². The zero-order chi connectivity index (χ0) is 28.6. The van der Waals surface area contributed by atoms with Gasteiger partial charge in [-0.2, -0.15) is 5.10 Å². The third kappa shape index (κ3) is 6.57. The van der Waals surface area contributed by atoms with Crippen molar-refractivity contribution in [2.75, 3.05) is 31.2 Å². The standard InChI is InChI=1S/C34H30N4O3S/c39-33(28-17-15-25(16-18-28)24-41-30-14-8-7-13-29(30)26-9-3-1-4-10-26)37-35-23-31-32(27-11-5-2-6-12-27)36-34(42-31)38-19-21-40-22-20-38/h1-18,23H,19-22,24H2,(H,37,39). The smallest absolute Gasteiger partial charge is 0.271 e. The van der Waals surface area contributed by atoms with Crippen LogP contribution in [0.15, 0.2) is 114 Å². The predicted octanol–water partition coefficient (Wildman–Crippen LogP) is 6.66. The average Bonchev–Trinajstić information content (AvgIpc) is 3.49. The van der Waals surface area contributed by atoms with Gasteiger partial charge >= 0.3 is 0 Å². The first-order valence-electron chi connectivity index (χ1n) is 13.8. The van der Waals surface area contributed by atoms with Crippen molar-refractivity contribution in [2.24, 2.45) is 5.10 Å². The molecule has 1 N–H and O–H groups in total. The molecule has 0 bridgehead atoms. The van der Waals surface area contributed by atoms with Crippen molar-refractivity contribution in [1.82, 2.24) is 10.4 Å². The maximum absolute atomic E-state index is 12.8. The molecular formula is C34H30N4O3S. The quantitative estimate of drug-likeness (QED) is 0.157. The van der Waals surface area contributed by atoms with Crippen LogP contribution in [0.4, 0.5) is 5.13 Å². The van der Waals surface area contributed by atoms with Gasteiger partial charge in [0, 0.05) is 29.8 Å². The van der Waals surface area contributed by atoms with E-state index in [2.05, 4.69) is 33.6 Å². The van der Waals surface area contributed by atoms with Crippen molar-refractivity contribution in [2.45, 2.75) is 6.61 Å². The minimum Gasteiger partial charge on any atom is -0.488 e. The molecule has 5 aromatic rings. The van der Waals surface area contributed by atoms with Crippen LogP contribution in [0.5, 0.6) is 5.75 Å². The highest BCUT2D eigenvalue weighted by Gasteiger charge is 2.19. The van der Waals surface area contributed by atoms with E-state index in [0.717, 1.165) is 56.8 Å². The summed E-state index contributed by atoms with van der Waals surface area (Å²) in [5.41, 5.74) is 8.14. The third-order valence-corrected chi connectivity index (χ3v) is 7.95. The minimum absolute atomic E-state index is 0.285. The second kappa shape index (κ2) is 13.2. The summed E-state index contributed by atoms with van der Waals surface area (Å²) in [7, 11) is 0. The number of rotatable bonds is 9. The van der Waals surface area contributed by atoms with E-state index in [1.807, 2.05) is 78.9 Å². The number of ether oxygens (including phenoxy) is 2. The number of nitrogens with zero attached hydrogens (tertiary/aromatic N) is 3. The number of hydrogen-bond donors (Lipinski definition) is 1. The van der Waals surface area contributed by atoms with Crippen molar-refractivity contribution in [3.8, 4) is 28.1 Å². The molecule has 2 heterocycles. The predicted molar refractivity (Wildman–Crippen MR) is 168 cm³/mol. The number of thiazole rings is 1. The minimum atomic E-state index is -0.285. The van der Waals surface area contributed by atoms with Crippen molar-refractivity contribution in [1.29, 1.82) is 0 Å². The Hall–Kier alpha value is -4.79. The maximum atomic E-state index is 12.8.